The third-order valence-electron chi connectivity index (χ3n) is 3.74. The number of carbonyl (C=O) groups excluding carboxylic acids is 2. The standard InChI is InChI=1S/C19H15F3N2O4/c20-19(21,22)14-3-1-2-12(10-14)4-7-17(25)23-24-18(26)13-5-6-15-16(11-13)28-9-8-27-15/h1-7,10-11H,8-9H2,(H,23,25)(H,24,26)/b7-4+. The molecule has 1 heterocycles. The van der Waals surface area contributed by atoms with E-state index in [0.717, 1.165) is 18.2 Å². The van der Waals surface area contributed by atoms with Crippen molar-refractivity contribution >= 4 is 17.9 Å². The summed E-state index contributed by atoms with van der Waals surface area (Å²) in [4.78, 5) is 23.9. The number of hydrogen-bond acceptors (Lipinski definition) is 4. The van der Waals surface area contributed by atoms with E-state index in [0.29, 0.717) is 24.7 Å². The molecule has 146 valence electrons. The van der Waals surface area contributed by atoms with Gasteiger partial charge in [0.25, 0.3) is 11.8 Å². The van der Waals surface area contributed by atoms with Crippen LogP contribution in [0.4, 0.5) is 13.2 Å². The molecule has 0 saturated carbocycles. The molecule has 0 bridgehead atoms. The van der Waals surface area contributed by atoms with Crippen molar-refractivity contribution in [2.24, 2.45) is 0 Å². The van der Waals surface area contributed by atoms with Gasteiger partial charge in [-0.2, -0.15) is 13.2 Å². The maximum absolute atomic E-state index is 12.7. The second kappa shape index (κ2) is 8.03. The lowest BCUT2D eigenvalue weighted by atomic mass is 10.1. The highest BCUT2D eigenvalue weighted by atomic mass is 19.4. The van der Waals surface area contributed by atoms with Crippen molar-refractivity contribution in [1.29, 1.82) is 0 Å². The summed E-state index contributed by atoms with van der Waals surface area (Å²) in [6.07, 6.45) is -2.25. The SMILES string of the molecule is O=C(/C=C/c1cccc(C(F)(F)F)c1)NNC(=O)c1ccc2c(c1)OCCO2. The maximum atomic E-state index is 12.7. The molecule has 1 aliphatic rings. The Balaban J connectivity index is 1.57. The maximum Gasteiger partial charge on any atom is 0.416 e. The first-order valence-electron chi connectivity index (χ1n) is 8.18. The fraction of sp³-hybridized carbons (Fsp3) is 0.158. The molecule has 2 amide bonds. The lowest BCUT2D eigenvalue weighted by molar-refractivity contribution is -0.137. The molecule has 0 unspecified atom stereocenters. The van der Waals surface area contributed by atoms with Gasteiger partial charge < -0.3 is 9.47 Å². The summed E-state index contributed by atoms with van der Waals surface area (Å²) in [5.41, 5.74) is 3.99. The Labute approximate surface area is 157 Å². The number of benzene rings is 2. The molecule has 9 heteroatoms. The van der Waals surface area contributed by atoms with Crippen LogP contribution < -0.4 is 20.3 Å². The topological polar surface area (TPSA) is 76.7 Å². The Bertz CT molecular complexity index is 926. The Morgan fingerprint density at radius 2 is 1.71 bits per heavy atom. The van der Waals surface area contributed by atoms with Crippen molar-refractivity contribution in [3.63, 3.8) is 0 Å². The Hall–Kier alpha value is -3.49. The third-order valence-corrected chi connectivity index (χ3v) is 3.74. The molecule has 0 radical (unpaired) electrons. The number of rotatable bonds is 3. The van der Waals surface area contributed by atoms with Crippen LogP contribution in [0.2, 0.25) is 0 Å². The van der Waals surface area contributed by atoms with Gasteiger partial charge in [0.15, 0.2) is 11.5 Å². The number of amides is 2. The third kappa shape index (κ3) is 4.81. The van der Waals surface area contributed by atoms with Gasteiger partial charge in [-0.25, -0.2) is 0 Å². The van der Waals surface area contributed by atoms with Crippen LogP contribution in [0.1, 0.15) is 21.5 Å². The number of alkyl halides is 3. The second-order valence-electron chi connectivity index (χ2n) is 5.76. The molecule has 0 fully saturated rings. The van der Waals surface area contributed by atoms with Crippen LogP contribution in [0.3, 0.4) is 0 Å². The van der Waals surface area contributed by atoms with Crippen molar-refractivity contribution in [2.75, 3.05) is 13.2 Å². The van der Waals surface area contributed by atoms with Gasteiger partial charge in [-0.15, -0.1) is 0 Å². The molecule has 1 aliphatic heterocycles. The predicted molar refractivity (Wildman–Crippen MR) is 93.5 cm³/mol. The highest BCUT2D eigenvalue weighted by Crippen LogP contribution is 2.31. The number of carbonyl (C=O) groups is 2. The smallest absolute Gasteiger partial charge is 0.416 e. The highest BCUT2D eigenvalue weighted by molar-refractivity contribution is 5.98. The molecule has 2 aromatic rings. The molecule has 0 atom stereocenters. The van der Waals surface area contributed by atoms with Crippen molar-refractivity contribution in [3.8, 4) is 11.5 Å². The molecule has 2 aromatic carbocycles. The minimum atomic E-state index is -4.47. The first kappa shape index (κ1) is 19.3. The molecular formula is C19H15F3N2O4. The van der Waals surface area contributed by atoms with E-state index in [-0.39, 0.29) is 11.1 Å². The predicted octanol–water partition coefficient (Wildman–Crippen LogP) is 2.95. The summed E-state index contributed by atoms with van der Waals surface area (Å²) in [5, 5.41) is 0. The molecule has 0 saturated heterocycles. The van der Waals surface area contributed by atoms with E-state index in [1.54, 1.807) is 6.07 Å². The Kier molecular flexibility index (Phi) is 5.53. The van der Waals surface area contributed by atoms with Crippen LogP contribution in [0.5, 0.6) is 11.5 Å². The summed E-state index contributed by atoms with van der Waals surface area (Å²) in [6.45, 7) is 0.794. The molecule has 0 aromatic heterocycles. The fourth-order valence-corrected chi connectivity index (χ4v) is 2.41. The van der Waals surface area contributed by atoms with Crippen LogP contribution >= 0.6 is 0 Å². The van der Waals surface area contributed by atoms with E-state index in [1.165, 1.54) is 30.3 Å². The zero-order chi connectivity index (χ0) is 20.1. The lowest BCUT2D eigenvalue weighted by Gasteiger charge is -2.18. The van der Waals surface area contributed by atoms with Gasteiger partial charge >= 0.3 is 6.18 Å². The number of hydrogen-bond donors (Lipinski definition) is 2. The first-order chi connectivity index (χ1) is 13.3. The summed E-state index contributed by atoms with van der Waals surface area (Å²) in [5.74, 6) is -0.341. The van der Waals surface area contributed by atoms with Crippen LogP contribution in [-0.4, -0.2) is 25.0 Å². The summed E-state index contributed by atoms with van der Waals surface area (Å²) >= 11 is 0. The number of fused-ring (bicyclic) bond motifs is 1. The van der Waals surface area contributed by atoms with E-state index in [9.17, 15) is 22.8 Å². The zero-order valence-electron chi connectivity index (χ0n) is 14.4. The lowest BCUT2D eigenvalue weighted by Crippen LogP contribution is -2.40. The highest BCUT2D eigenvalue weighted by Gasteiger charge is 2.30. The van der Waals surface area contributed by atoms with Crippen LogP contribution in [0, 0.1) is 0 Å². The van der Waals surface area contributed by atoms with Crippen molar-refractivity contribution in [3.05, 3.63) is 65.2 Å². The van der Waals surface area contributed by atoms with Gasteiger partial charge in [0.2, 0.25) is 0 Å². The average molecular weight is 392 g/mol. The zero-order valence-corrected chi connectivity index (χ0v) is 14.4. The van der Waals surface area contributed by atoms with Gasteiger partial charge in [-0.3, -0.25) is 20.4 Å². The van der Waals surface area contributed by atoms with E-state index in [4.69, 9.17) is 9.47 Å². The number of nitrogens with one attached hydrogen (secondary N) is 2. The summed E-state index contributed by atoms with van der Waals surface area (Å²) < 4.78 is 48.8. The van der Waals surface area contributed by atoms with Crippen molar-refractivity contribution in [2.45, 2.75) is 6.18 Å². The normalized spacial score (nSPS) is 13.2. The minimum Gasteiger partial charge on any atom is -0.486 e. The average Bonchev–Trinajstić information content (AvgIpc) is 2.69. The molecule has 6 nitrogen and oxygen atoms in total. The molecular weight excluding hydrogens is 377 g/mol. The molecule has 0 aliphatic carbocycles. The van der Waals surface area contributed by atoms with Gasteiger partial charge in [-0.1, -0.05) is 12.1 Å². The molecule has 0 spiro atoms. The van der Waals surface area contributed by atoms with E-state index in [1.807, 2.05) is 0 Å². The van der Waals surface area contributed by atoms with E-state index in [2.05, 4.69) is 10.9 Å². The van der Waals surface area contributed by atoms with Gasteiger partial charge in [0.1, 0.15) is 13.2 Å². The molecule has 2 N–H and O–H groups in total. The Morgan fingerprint density at radius 1 is 0.964 bits per heavy atom. The molecule has 3 rings (SSSR count). The number of halogens is 3. The van der Waals surface area contributed by atoms with Gasteiger partial charge in [-0.05, 0) is 42.0 Å². The van der Waals surface area contributed by atoms with E-state index < -0.39 is 23.6 Å². The van der Waals surface area contributed by atoms with Crippen LogP contribution in [-0.2, 0) is 11.0 Å². The first-order valence-corrected chi connectivity index (χ1v) is 8.18. The minimum absolute atomic E-state index is 0.197. The fourth-order valence-electron chi connectivity index (χ4n) is 2.41. The van der Waals surface area contributed by atoms with E-state index >= 15 is 0 Å². The second-order valence-corrected chi connectivity index (χ2v) is 5.76. The number of hydrazine groups is 1. The van der Waals surface area contributed by atoms with Crippen LogP contribution in [0.15, 0.2) is 48.5 Å². The van der Waals surface area contributed by atoms with Crippen LogP contribution in [0.25, 0.3) is 6.08 Å². The Morgan fingerprint density at radius 3 is 2.46 bits per heavy atom. The van der Waals surface area contributed by atoms with Gasteiger partial charge in [0, 0.05) is 11.6 Å². The largest absolute Gasteiger partial charge is 0.486 e. The monoisotopic (exact) mass is 392 g/mol. The summed E-state index contributed by atoms with van der Waals surface area (Å²) in [7, 11) is 0. The number of ether oxygens (including phenoxy) is 2. The van der Waals surface area contributed by atoms with Gasteiger partial charge in [0.05, 0.1) is 5.56 Å². The van der Waals surface area contributed by atoms with Crippen molar-refractivity contribution < 1.29 is 32.2 Å². The summed E-state index contributed by atoms with van der Waals surface area (Å²) in [6, 6.07) is 9.08. The molecule has 28 heavy (non-hydrogen) atoms. The van der Waals surface area contributed by atoms with Crippen molar-refractivity contribution in [1.82, 2.24) is 10.9 Å². The quantitative estimate of drug-likeness (QED) is 0.622.